The number of carbonyl (C=O) groups is 1. The minimum Gasteiger partial charge on any atom is -0.483 e. The quantitative estimate of drug-likeness (QED) is 0.743. The number of hydrogen-bond donors (Lipinski definition) is 2. The fraction of sp³-hybridized carbons (Fsp3) is 0.588. The van der Waals surface area contributed by atoms with E-state index in [9.17, 15) is 0 Å². The van der Waals surface area contributed by atoms with Gasteiger partial charge in [-0.3, -0.25) is 4.79 Å². The predicted octanol–water partition coefficient (Wildman–Crippen LogP) is 2.30. The molecule has 0 radical (unpaired) electrons. The highest BCUT2D eigenvalue weighted by atomic mass is 35.5. The van der Waals surface area contributed by atoms with Crippen molar-refractivity contribution >= 4 is 18.1 Å². The van der Waals surface area contributed by atoms with E-state index in [2.05, 4.69) is 38.4 Å². The van der Waals surface area contributed by atoms with Gasteiger partial charge in [0.2, 0.25) is 0 Å². The Kier molecular flexibility index (Phi) is 8.08. The van der Waals surface area contributed by atoms with Crippen LogP contribution in [0.3, 0.4) is 0 Å². The number of likely N-dealkylation sites (N-methyl/N-ethyl adjacent to an activating group) is 1. The molecule has 1 aliphatic rings. The van der Waals surface area contributed by atoms with Gasteiger partial charge in [-0.2, -0.15) is 0 Å². The number of imidazole rings is 2. The summed E-state index contributed by atoms with van der Waals surface area (Å²) in [5.74, 6) is 1.72. The van der Waals surface area contributed by atoms with Gasteiger partial charge in [0, 0.05) is 31.9 Å². The van der Waals surface area contributed by atoms with Gasteiger partial charge >= 0.3 is 0 Å². The summed E-state index contributed by atoms with van der Waals surface area (Å²) in [7, 11) is 2.12. The number of halogens is 1. The van der Waals surface area contributed by atoms with E-state index in [0.29, 0.717) is 5.15 Å². The average molecular weight is 384 g/mol. The van der Waals surface area contributed by atoms with Crippen LogP contribution in [0.4, 0.5) is 0 Å². The Bertz CT molecular complexity index is 688. The molecule has 0 bridgehead atoms. The molecule has 0 aliphatic carbocycles. The second-order valence-corrected chi connectivity index (χ2v) is 6.59. The number of aromatic nitrogens is 4. The summed E-state index contributed by atoms with van der Waals surface area (Å²) >= 11 is 6.34. The van der Waals surface area contributed by atoms with E-state index in [0.717, 1.165) is 62.8 Å². The van der Waals surface area contributed by atoms with E-state index in [1.54, 1.807) is 6.20 Å². The normalized spacial score (nSPS) is 17.6. The fourth-order valence-electron chi connectivity index (χ4n) is 2.88. The topological polar surface area (TPSA) is 96.3 Å². The van der Waals surface area contributed by atoms with Crippen LogP contribution in [0.1, 0.15) is 25.6 Å². The highest BCUT2D eigenvalue weighted by Crippen LogP contribution is 2.25. The molecule has 0 spiro atoms. The molecule has 1 unspecified atom stereocenters. The number of H-pyrrole nitrogens is 1. The van der Waals surface area contributed by atoms with Crippen LogP contribution in [0, 0.1) is 0 Å². The Balaban J connectivity index is 0.000000758. The molecule has 2 aromatic heterocycles. The van der Waals surface area contributed by atoms with Gasteiger partial charge in [-0.05, 0) is 13.5 Å². The zero-order valence-electron chi connectivity index (χ0n) is 15.2. The van der Waals surface area contributed by atoms with Gasteiger partial charge in [0.05, 0.1) is 19.3 Å². The maximum absolute atomic E-state index is 8.36. The minimum absolute atomic E-state index is 0.166. The lowest BCUT2D eigenvalue weighted by Gasteiger charge is -2.30. The first-order valence-electron chi connectivity index (χ1n) is 8.72. The molecule has 0 amide bonds. The molecule has 3 rings (SSSR count). The molecule has 1 aliphatic heterocycles. The van der Waals surface area contributed by atoms with Crippen LogP contribution in [-0.4, -0.2) is 68.8 Å². The molecule has 0 saturated carbocycles. The van der Waals surface area contributed by atoms with Crippen LogP contribution in [0.15, 0.2) is 12.4 Å². The van der Waals surface area contributed by atoms with Gasteiger partial charge in [-0.25, -0.2) is 9.97 Å². The molecular weight excluding hydrogens is 358 g/mol. The summed E-state index contributed by atoms with van der Waals surface area (Å²) in [6, 6.07) is 0. The lowest BCUT2D eigenvalue weighted by molar-refractivity contribution is -0.122. The summed E-state index contributed by atoms with van der Waals surface area (Å²) in [4.78, 5) is 22.9. The fourth-order valence-corrected chi connectivity index (χ4v) is 3.11. The Labute approximate surface area is 158 Å². The Morgan fingerprint density at radius 3 is 3.00 bits per heavy atom. The predicted molar refractivity (Wildman–Crippen MR) is 99.4 cm³/mol. The third-order valence-corrected chi connectivity index (χ3v) is 4.42. The molecule has 1 atom stereocenters. The SMILES string of the molecule is CCCCc1nc(-c2nccn2CC2CN(C)CCO2)c(Cl)[nH]1.O=CO. The number of morpholine rings is 1. The van der Waals surface area contributed by atoms with Crippen molar-refractivity contribution in [1.82, 2.24) is 24.4 Å². The first-order chi connectivity index (χ1) is 12.6. The van der Waals surface area contributed by atoms with Gasteiger partial charge in [0.1, 0.15) is 16.7 Å². The number of rotatable bonds is 6. The molecule has 8 nitrogen and oxygen atoms in total. The van der Waals surface area contributed by atoms with Crippen molar-refractivity contribution in [1.29, 1.82) is 0 Å². The molecule has 26 heavy (non-hydrogen) atoms. The zero-order valence-corrected chi connectivity index (χ0v) is 15.9. The maximum Gasteiger partial charge on any atom is 0.290 e. The van der Waals surface area contributed by atoms with Crippen molar-refractivity contribution in [2.24, 2.45) is 0 Å². The molecule has 9 heteroatoms. The van der Waals surface area contributed by atoms with E-state index in [1.807, 2.05) is 6.20 Å². The smallest absolute Gasteiger partial charge is 0.290 e. The van der Waals surface area contributed by atoms with Crippen LogP contribution in [0.5, 0.6) is 0 Å². The van der Waals surface area contributed by atoms with E-state index in [-0.39, 0.29) is 12.6 Å². The molecule has 2 N–H and O–H groups in total. The molecule has 3 heterocycles. The van der Waals surface area contributed by atoms with Gasteiger partial charge < -0.3 is 24.3 Å². The third-order valence-electron chi connectivity index (χ3n) is 4.15. The number of nitrogens with zero attached hydrogens (tertiary/aromatic N) is 4. The number of ether oxygens (including phenoxy) is 1. The Morgan fingerprint density at radius 1 is 1.54 bits per heavy atom. The second kappa shape index (κ2) is 10.3. The van der Waals surface area contributed by atoms with Crippen LogP contribution < -0.4 is 0 Å². The van der Waals surface area contributed by atoms with Crippen LogP contribution in [0.25, 0.3) is 11.5 Å². The van der Waals surface area contributed by atoms with Crippen molar-refractivity contribution < 1.29 is 14.6 Å². The van der Waals surface area contributed by atoms with E-state index >= 15 is 0 Å². The van der Waals surface area contributed by atoms with E-state index < -0.39 is 0 Å². The zero-order chi connectivity index (χ0) is 18.9. The minimum atomic E-state index is -0.250. The standard InChI is InChI=1S/C16H24ClN5O.CH2O2/c1-3-4-5-13-19-14(15(17)20-13)16-18-6-7-22(16)11-12-10-21(2)8-9-23-12;2-1-3/h6-7,12H,3-5,8-11H2,1-2H3,(H,19,20);1H,(H,2,3). The number of nitrogens with one attached hydrogen (secondary N) is 1. The highest BCUT2D eigenvalue weighted by molar-refractivity contribution is 6.31. The van der Waals surface area contributed by atoms with Crippen molar-refractivity contribution in [2.75, 3.05) is 26.7 Å². The first-order valence-corrected chi connectivity index (χ1v) is 9.10. The van der Waals surface area contributed by atoms with Gasteiger partial charge in [0.15, 0.2) is 5.82 Å². The summed E-state index contributed by atoms with van der Waals surface area (Å²) in [5.41, 5.74) is 0.729. The van der Waals surface area contributed by atoms with E-state index in [1.165, 1.54) is 0 Å². The number of aromatic amines is 1. The molecule has 0 aromatic carbocycles. The van der Waals surface area contributed by atoms with Crippen molar-refractivity contribution in [3.05, 3.63) is 23.4 Å². The van der Waals surface area contributed by atoms with Gasteiger partial charge in [-0.1, -0.05) is 24.9 Å². The van der Waals surface area contributed by atoms with Crippen LogP contribution >= 0.6 is 11.6 Å². The van der Waals surface area contributed by atoms with Gasteiger partial charge in [0.25, 0.3) is 6.47 Å². The van der Waals surface area contributed by atoms with Crippen molar-refractivity contribution in [3.63, 3.8) is 0 Å². The monoisotopic (exact) mass is 383 g/mol. The second-order valence-electron chi connectivity index (χ2n) is 6.21. The molecule has 2 aromatic rings. The summed E-state index contributed by atoms with van der Waals surface area (Å²) in [6.45, 7) is 5.36. The first kappa shape index (κ1) is 20.4. The summed E-state index contributed by atoms with van der Waals surface area (Å²) in [6.07, 6.45) is 7.06. The molecule has 1 saturated heterocycles. The molecule has 1 fully saturated rings. The summed E-state index contributed by atoms with van der Waals surface area (Å²) < 4.78 is 7.93. The lowest BCUT2D eigenvalue weighted by atomic mass is 10.2. The third kappa shape index (κ3) is 5.55. The maximum atomic E-state index is 8.36. The molecule has 144 valence electrons. The Hall–Kier alpha value is -1.90. The lowest BCUT2D eigenvalue weighted by Crippen LogP contribution is -2.41. The number of carboxylic acid groups (broad SMARTS) is 1. The van der Waals surface area contributed by atoms with Crippen molar-refractivity contribution in [2.45, 2.75) is 38.8 Å². The van der Waals surface area contributed by atoms with Crippen molar-refractivity contribution in [3.8, 4) is 11.5 Å². The number of unbranched alkanes of at least 4 members (excludes halogenated alkanes) is 1. The van der Waals surface area contributed by atoms with Crippen LogP contribution in [-0.2, 0) is 22.5 Å². The summed E-state index contributed by atoms with van der Waals surface area (Å²) in [5, 5.41) is 7.45. The number of hydrogen-bond acceptors (Lipinski definition) is 5. The average Bonchev–Trinajstić information content (AvgIpc) is 3.20. The molecular formula is C17H26ClN5O3. The highest BCUT2D eigenvalue weighted by Gasteiger charge is 2.21. The van der Waals surface area contributed by atoms with E-state index in [4.69, 9.17) is 26.2 Å². The van der Waals surface area contributed by atoms with Gasteiger partial charge in [-0.15, -0.1) is 0 Å². The number of aryl methyl sites for hydroxylation is 1. The largest absolute Gasteiger partial charge is 0.483 e. The Morgan fingerprint density at radius 2 is 2.31 bits per heavy atom. The van der Waals surface area contributed by atoms with Crippen LogP contribution in [0.2, 0.25) is 5.15 Å².